The number of aliphatic hydroxyl groups is 1. The highest BCUT2D eigenvalue weighted by Crippen LogP contribution is 2.14. The summed E-state index contributed by atoms with van der Waals surface area (Å²) in [5.74, 6) is -0.873. The number of rotatable bonds is 10. The number of methoxy groups -OCH3 is 1. The SMILES string of the molecule is COC(=O)Nc1ccc(C(=O)OCC(O)CNCCOc2ccccc2F)cc1. The smallest absolute Gasteiger partial charge is 0.411 e. The highest BCUT2D eigenvalue weighted by Gasteiger charge is 2.11. The molecule has 0 spiro atoms. The van der Waals surface area contributed by atoms with Gasteiger partial charge in [0.05, 0.1) is 12.7 Å². The summed E-state index contributed by atoms with van der Waals surface area (Å²) in [6.45, 7) is 0.589. The van der Waals surface area contributed by atoms with Crippen LogP contribution in [0.25, 0.3) is 0 Å². The van der Waals surface area contributed by atoms with E-state index in [1.54, 1.807) is 12.1 Å². The number of carbonyl (C=O) groups excluding carboxylic acids is 2. The van der Waals surface area contributed by atoms with Crippen LogP contribution in [0.2, 0.25) is 0 Å². The molecule has 9 heteroatoms. The van der Waals surface area contributed by atoms with Gasteiger partial charge in [-0.3, -0.25) is 5.32 Å². The summed E-state index contributed by atoms with van der Waals surface area (Å²) >= 11 is 0. The van der Waals surface area contributed by atoms with Crippen molar-refractivity contribution in [1.29, 1.82) is 0 Å². The number of hydrogen-bond acceptors (Lipinski definition) is 7. The molecule has 1 amide bonds. The Morgan fingerprint density at radius 2 is 1.86 bits per heavy atom. The molecule has 0 radical (unpaired) electrons. The zero-order valence-corrected chi connectivity index (χ0v) is 15.9. The number of amides is 1. The molecule has 29 heavy (non-hydrogen) atoms. The molecule has 0 bridgehead atoms. The maximum atomic E-state index is 13.4. The van der Waals surface area contributed by atoms with E-state index in [1.165, 1.54) is 43.5 Å². The van der Waals surface area contributed by atoms with Crippen molar-refractivity contribution >= 4 is 17.7 Å². The fourth-order valence-electron chi connectivity index (χ4n) is 2.24. The predicted molar refractivity (Wildman–Crippen MR) is 104 cm³/mol. The standard InChI is InChI=1S/C20H23FN2O6/c1-27-20(26)23-15-8-6-14(7-9-15)19(25)29-13-16(24)12-22-10-11-28-18-5-3-2-4-17(18)21/h2-9,16,22,24H,10-13H2,1H3,(H,23,26). The summed E-state index contributed by atoms with van der Waals surface area (Å²) in [4.78, 5) is 23.1. The summed E-state index contributed by atoms with van der Waals surface area (Å²) in [7, 11) is 1.25. The Balaban J connectivity index is 1.63. The van der Waals surface area contributed by atoms with Crippen LogP contribution in [0.1, 0.15) is 10.4 Å². The second kappa shape index (κ2) is 11.6. The molecule has 0 aliphatic carbocycles. The van der Waals surface area contributed by atoms with Crippen molar-refractivity contribution in [3.63, 3.8) is 0 Å². The monoisotopic (exact) mass is 406 g/mol. The number of anilines is 1. The first kappa shape index (κ1) is 22.1. The Morgan fingerprint density at radius 1 is 1.14 bits per heavy atom. The van der Waals surface area contributed by atoms with Crippen LogP contribution in [0, 0.1) is 5.82 Å². The molecule has 0 heterocycles. The second-order valence-electron chi connectivity index (χ2n) is 5.93. The fraction of sp³-hybridized carbons (Fsp3) is 0.300. The molecule has 8 nitrogen and oxygen atoms in total. The van der Waals surface area contributed by atoms with Crippen LogP contribution in [0.15, 0.2) is 48.5 Å². The van der Waals surface area contributed by atoms with Crippen molar-refractivity contribution in [2.45, 2.75) is 6.10 Å². The first-order valence-corrected chi connectivity index (χ1v) is 8.88. The number of halogens is 1. The van der Waals surface area contributed by atoms with Gasteiger partial charge in [0.1, 0.15) is 19.3 Å². The van der Waals surface area contributed by atoms with E-state index in [2.05, 4.69) is 15.4 Å². The first-order valence-electron chi connectivity index (χ1n) is 8.88. The van der Waals surface area contributed by atoms with E-state index in [0.717, 1.165) is 0 Å². The van der Waals surface area contributed by atoms with Crippen LogP contribution in [0.4, 0.5) is 14.9 Å². The van der Waals surface area contributed by atoms with Gasteiger partial charge in [-0.1, -0.05) is 12.1 Å². The van der Waals surface area contributed by atoms with Gasteiger partial charge in [0.25, 0.3) is 0 Å². The lowest BCUT2D eigenvalue weighted by atomic mass is 10.2. The molecule has 156 valence electrons. The molecule has 2 aromatic rings. The Morgan fingerprint density at radius 3 is 2.55 bits per heavy atom. The summed E-state index contributed by atoms with van der Waals surface area (Å²) in [5.41, 5.74) is 0.745. The lowest BCUT2D eigenvalue weighted by Gasteiger charge is -2.13. The van der Waals surface area contributed by atoms with E-state index in [1.807, 2.05) is 0 Å². The zero-order chi connectivity index (χ0) is 21.1. The van der Waals surface area contributed by atoms with Gasteiger partial charge in [-0.25, -0.2) is 14.0 Å². The molecular weight excluding hydrogens is 383 g/mol. The van der Waals surface area contributed by atoms with Gasteiger partial charge in [0, 0.05) is 18.8 Å². The van der Waals surface area contributed by atoms with Crippen molar-refractivity contribution in [2.24, 2.45) is 0 Å². The van der Waals surface area contributed by atoms with Gasteiger partial charge in [-0.05, 0) is 36.4 Å². The van der Waals surface area contributed by atoms with E-state index >= 15 is 0 Å². The number of aliphatic hydroxyl groups excluding tert-OH is 1. The Bertz CT molecular complexity index is 800. The molecule has 0 fully saturated rings. The maximum Gasteiger partial charge on any atom is 0.411 e. The molecule has 0 aromatic heterocycles. The van der Waals surface area contributed by atoms with Crippen LogP contribution in [-0.4, -0.2) is 56.7 Å². The molecule has 0 saturated carbocycles. The number of hydrogen-bond donors (Lipinski definition) is 3. The molecule has 2 rings (SSSR count). The first-order chi connectivity index (χ1) is 14.0. The van der Waals surface area contributed by atoms with E-state index in [9.17, 15) is 19.1 Å². The van der Waals surface area contributed by atoms with Gasteiger partial charge in [-0.2, -0.15) is 0 Å². The minimum absolute atomic E-state index is 0.164. The normalized spacial score (nSPS) is 11.4. The third kappa shape index (κ3) is 7.76. The van der Waals surface area contributed by atoms with Crippen LogP contribution in [0.3, 0.4) is 0 Å². The minimum atomic E-state index is -0.910. The Kier molecular flexibility index (Phi) is 8.87. The third-order valence-corrected chi connectivity index (χ3v) is 3.71. The van der Waals surface area contributed by atoms with Crippen LogP contribution < -0.4 is 15.4 Å². The van der Waals surface area contributed by atoms with Gasteiger partial charge in [-0.15, -0.1) is 0 Å². The fourth-order valence-corrected chi connectivity index (χ4v) is 2.24. The number of nitrogens with one attached hydrogen (secondary N) is 2. The zero-order valence-electron chi connectivity index (χ0n) is 15.9. The lowest BCUT2D eigenvalue weighted by molar-refractivity contribution is 0.0258. The molecule has 0 saturated heterocycles. The van der Waals surface area contributed by atoms with Gasteiger partial charge >= 0.3 is 12.1 Å². The molecule has 2 aromatic carbocycles. The molecule has 3 N–H and O–H groups in total. The number of carbonyl (C=O) groups is 2. The second-order valence-corrected chi connectivity index (χ2v) is 5.93. The van der Waals surface area contributed by atoms with Crippen molar-refractivity contribution in [3.05, 3.63) is 59.9 Å². The molecule has 1 atom stereocenters. The van der Waals surface area contributed by atoms with Crippen LogP contribution >= 0.6 is 0 Å². The number of benzene rings is 2. The lowest BCUT2D eigenvalue weighted by Crippen LogP contribution is -2.33. The average Bonchev–Trinajstić information content (AvgIpc) is 2.73. The van der Waals surface area contributed by atoms with E-state index in [0.29, 0.717) is 12.2 Å². The summed E-state index contributed by atoms with van der Waals surface area (Å²) in [5, 5.41) is 15.3. The third-order valence-electron chi connectivity index (χ3n) is 3.71. The summed E-state index contributed by atoms with van der Waals surface area (Å²) < 4.78 is 28.2. The predicted octanol–water partition coefficient (Wildman–Crippen LogP) is 2.19. The minimum Gasteiger partial charge on any atom is -0.489 e. The van der Waals surface area contributed by atoms with Crippen molar-refractivity contribution in [2.75, 3.05) is 38.7 Å². The van der Waals surface area contributed by atoms with Gasteiger partial charge < -0.3 is 24.6 Å². The Labute approximate surface area is 167 Å². The summed E-state index contributed by atoms with van der Waals surface area (Å²) in [6.07, 6.45) is -1.53. The molecule has 1 unspecified atom stereocenters. The largest absolute Gasteiger partial charge is 0.489 e. The molecule has 0 aliphatic rings. The van der Waals surface area contributed by atoms with Gasteiger partial charge in [0.2, 0.25) is 0 Å². The Hall–Kier alpha value is -3.17. The van der Waals surface area contributed by atoms with Crippen LogP contribution in [0.5, 0.6) is 5.75 Å². The van der Waals surface area contributed by atoms with E-state index in [4.69, 9.17) is 9.47 Å². The number of esters is 1. The van der Waals surface area contributed by atoms with E-state index in [-0.39, 0.29) is 31.1 Å². The maximum absolute atomic E-state index is 13.4. The van der Waals surface area contributed by atoms with Crippen LogP contribution in [-0.2, 0) is 9.47 Å². The van der Waals surface area contributed by atoms with Crippen molar-refractivity contribution < 1.29 is 33.3 Å². The quantitative estimate of drug-likeness (QED) is 0.410. The number of ether oxygens (including phenoxy) is 3. The highest BCUT2D eigenvalue weighted by atomic mass is 19.1. The average molecular weight is 406 g/mol. The number of para-hydroxylation sites is 1. The van der Waals surface area contributed by atoms with E-state index < -0.39 is 24.0 Å². The van der Waals surface area contributed by atoms with Crippen molar-refractivity contribution in [1.82, 2.24) is 5.32 Å². The van der Waals surface area contributed by atoms with Gasteiger partial charge in [0.15, 0.2) is 11.6 Å². The highest BCUT2D eigenvalue weighted by molar-refractivity contribution is 5.91. The summed E-state index contributed by atoms with van der Waals surface area (Å²) in [6, 6.07) is 12.1. The molecular formula is C20H23FN2O6. The molecule has 0 aliphatic heterocycles. The topological polar surface area (TPSA) is 106 Å². The van der Waals surface area contributed by atoms with Crippen molar-refractivity contribution in [3.8, 4) is 5.75 Å².